The number of nitrogens with one attached hydrogen (secondary N) is 1. The van der Waals surface area contributed by atoms with E-state index in [-0.39, 0.29) is 0 Å². The van der Waals surface area contributed by atoms with Crippen molar-refractivity contribution in [2.45, 2.75) is 46.6 Å². The quantitative estimate of drug-likeness (QED) is 0.837. The van der Waals surface area contributed by atoms with Gasteiger partial charge in [0.05, 0.1) is 0 Å². The minimum absolute atomic E-state index is 0.303. The Morgan fingerprint density at radius 2 is 2.00 bits per heavy atom. The van der Waals surface area contributed by atoms with E-state index < -0.39 is 0 Å². The molecule has 0 bridgehead atoms. The Morgan fingerprint density at radius 1 is 1.32 bits per heavy atom. The van der Waals surface area contributed by atoms with Crippen molar-refractivity contribution >= 4 is 11.6 Å². The lowest BCUT2D eigenvalue weighted by molar-refractivity contribution is 0.312. The van der Waals surface area contributed by atoms with Crippen LogP contribution in [-0.4, -0.2) is 19.1 Å². The van der Waals surface area contributed by atoms with E-state index in [1.165, 1.54) is 11.1 Å². The number of hydrogen-bond donors (Lipinski definition) is 2. The fraction of sp³-hybridized carbons (Fsp3) is 0.625. The van der Waals surface area contributed by atoms with Crippen molar-refractivity contribution < 1.29 is 0 Å². The molecular formula is C16H27ClN2. The molecule has 1 aromatic rings. The second-order valence-corrected chi connectivity index (χ2v) is 6.84. The summed E-state index contributed by atoms with van der Waals surface area (Å²) in [7, 11) is 0. The molecule has 0 heterocycles. The van der Waals surface area contributed by atoms with E-state index in [1.54, 1.807) is 0 Å². The van der Waals surface area contributed by atoms with E-state index in [9.17, 15) is 0 Å². The summed E-state index contributed by atoms with van der Waals surface area (Å²) < 4.78 is 0. The molecule has 1 rings (SSSR count). The maximum absolute atomic E-state index is 6.23. The predicted octanol–water partition coefficient (Wildman–Crippen LogP) is 3.54. The van der Waals surface area contributed by atoms with Gasteiger partial charge in [-0.1, -0.05) is 44.5 Å². The SMILES string of the molecule is Cc1cccc(Cl)c1CCNC(CN)CC(C)(C)C. The molecule has 1 unspecified atom stereocenters. The molecule has 1 atom stereocenters. The van der Waals surface area contributed by atoms with Gasteiger partial charge in [-0.05, 0) is 48.9 Å². The summed E-state index contributed by atoms with van der Waals surface area (Å²) >= 11 is 6.23. The third-order valence-electron chi connectivity index (χ3n) is 3.30. The Hall–Kier alpha value is -0.570. The Labute approximate surface area is 122 Å². The van der Waals surface area contributed by atoms with Gasteiger partial charge in [-0.2, -0.15) is 0 Å². The molecule has 0 aliphatic heterocycles. The van der Waals surface area contributed by atoms with Crippen molar-refractivity contribution in [3.63, 3.8) is 0 Å². The normalized spacial score (nSPS) is 13.6. The maximum atomic E-state index is 6.23. The lowest BCUT2D eigenvalue weighted by Crippen LogP contribution is -2.40. The van der Waals surface area contributed by atoms with Crippen LogP contribution in [0.3, 0.4) is 0 Å². The molecular weight excluding hydrogens is 256 g/mol. The van der Waals surface area contributed by atoms with Crippen LogP contribution in [0.25, 0.3) is 0 Å². The van der Waals surface area contributed by atoms with Gasteiger partial charge in [0.1, 0.15) is 0 Å². The van der Waals surface area contributed by atoms with Gasteiger partial charge in [0.25, 0.3) is 0 Å². The van der Waals surface area contributed by atoms with Crippen LogP contribution >= 0.6 is 11.6 Å². The third-order valence-corrected chi connectivity index (χ3v) is 3.66. The summed E-state index contributed by atoms with van der Waals surface area (Å²) in [5.74, 6) is 0. The van der Waals surface area contributed by atoms with Crippen LogP contribution in [0.5, 0.6) is 0 Å². The molecule has 0 saturated carbocycles. The molecule has 0 aromatic heterocycles. The number of halogens is 1. The zero-order valence-electron chi connectivity index (χ0n) is 12.6. The summed E-state index contributed by atoms with van der Waals surface area (Å²) in [6, 6.07) is 6.44. The van der Waals surface area contributed by atoms with Crippen molar-refractivity contribution in [2.24, 2.45) is 11.1 Å². The van der Waals surface area contributed by atoms with Crippen molar-refractivity contribution in [3.05, 3.63) is 34.3 Å². The van der Waals surface area contributed by atoms with Crippen LogP contribution in [0.2, 0.25) is 5.02 Å². The number of aryl methyl sites for hydroxylation is 1. The highest BCUT2D eigenvalue weighted by Gasteiger charge is 2.17. The molecule has 3 heteroatoms. The number of benzene rings is 1. The second kappa shape index (κ2) is 7.28. The van der Waals surface area contributed by atoms with E-state index >= 15 is 0 Å². The van der Waals surface area contributed by atoms with Crippen LogP contribution in [-0.2, 0) is 6.42 Å². The third kappa shape index (κ3) is 5.94. The molecule has 2 nitrogen and oxygen atoms in total. The highest BCUT2D eigenvalue weighted by Crippen LogP contribution is 2.21. The average Bonchev–Trinajstić information content (AvgIpc) is 2.30. The first kappa shape index (κ1) is 16.5. The van der Waals surface area contributed by atoms with Crippen LogP contribution in [0.15, 0.2) is 18.2 Å². The van der Waals surface area contributed by atoms with Crippen molar-refractivity contribution in [1.82, 2.24) is 5.32 Å². The summed E-state index contributed by atoms with van der Waals surface area (Å²) in [6.07, 6.45) is 2.04. The van der Waals surface area contributed by atoms with Crippen LogP contribution in [0.1, 0.15) is 38.3 Å². The first-order valence-corrected chi connectivity index (χ1v) is 7.39. The lowest BCUT2D eigenvalue weighted by Gasteiger charge is -2.26. The highest BCUT2D eigenvalue weighted by atomic mass is 35.5. The van der Waals surface area contributed by atoms with E-state index in [0.717, 1.165) is 24.4 Å². The van der Waals surface area contributed by atoms with Gasteiger partial charge in [-0.3, -0.25) is 0 Å². The Bertz CT molecular complexity index is 376. The molecule has 0 spiro atoms. The van der Waals surface area contributed by atoms with E-state index in [2.05, 4.69) is 39.1 Å². The molecule has 108 valence electrons. The Morgan fingerprint density at radius 3 is 2.53 bits per heavy atom. The number of rotatable bonds is 6. The zero-order valence-corrected chi connectivity index (χ0v) is 13.3. The summed E-state index contributed by atoms with van der Waals surface area (Å²) in [5, 5.41) is 4.41. The zero-order chi connectivity index (χ0) is 14.5. The van der Waals surface area contributed by atoms with E-state index in [4.69, 9.17) is 17.3 Å². The predicted molar refractivity (Wildman–Crippen MR) is 84.8 cm³/mol. The molecule has 3 N–H and O–H groups in total. The van der Waals surface area contributed by atoms with Gasteiger partial charge in [0, 0.05) is 17.6 Å². The summed E-state index contributed by atoms with van der Waals surface area (Å²) in [5.41, 5.74) is 8.63. The minimum Gasteiger partial charge on any atom is -0.329 e. The monoisotopic (exact) mass is 282 g/mol. The Kier molecular flexibility index (Phi) is 6.31. The van der Waals surface area contributed by atoms with Gasteiger partial charge in [-0.25, -0.2) is 0 Å². The van der Waals surface area contributed by atoms with Crippen LogP contribution < -0.4 is 11.1 Å². The minimum atomic E-state index is 0.303. The summed E-state index contributed by atoms with van der Waals surface area (Å²) in [6.45, 7) is 10.4. The molecule has 0 radical (unpaired) electrons. The molecule has 1 aromatic carbocycles. The summed E-state index contributed by atoms with van der Waals surface area (Å²) in [4.78, 5) is 0. The molecule has 0 aliphatic rings. The maximum Gasteiger partial charge on any atom is 0.0441 e. The fourth-order valence-electron chi connectivity index (χ4n) is 2.36. The van der Waals surface area contributed by atoms with Gasteiger partial charge in [0.2, 0.25) is 0 Å². The average molecular weight is 283 g/mol. The second-order valence-electron chi connectivity index (χ2n) is 6.44. The first-order valence-electron chi connectivity index (χ1n) is 7.01. The van der Waals surface area contributed by atoms with E-state index in [1.807, 2.05) is 12.1 Å². The molecule has 0 amide bonds. The van der Waals surface area contributed by atoms with Gasteiger partial charge >= 0.3 is 0 Å². The first-order chi connectivity index (χ1) is 8.83. The van der Waals surface area contributed by atoms with Crippen LogP contribution in [0, 0.1) is 12.3 Å². The molecule has 0 aliphatic carbocycles. The number of nitrogens with two attached hydrogens (primary N) is 1. The van der Waals surface area contributed by atoms with Crippen molar-refractivity contribution in [2.75, 3.05) is 13.1 Å². The van der Waals surface area contributed by atoms with Crippen LogP contribution in [0.4, 0.5) is 0 Å². The smallest absolute Gasteiger partial charge is 0.0441 e. The molecule has 0 fully saturated rings. The highest BCUT2D eigenvalue weighted by molar-refractivity contribution is 6.31. The fourth-order valence-corrected chi connectivity index (χ4v) is 2.68. The lowest BCUT2D eigenvalue weighted by atomic mass is 9.88. The topological polar surface area (TPSA) is 38.0 Å². The Balaban J connectivity index is 2.49. The standard InChI is InChI=1S/C16H27ClN2/c1-12-6-5-7-15(17)14(12)8-9-19-13(11-18)10-16(2,3)4/h5-7,13,19H,8-11,18H2,1-4H3. The van der Waals surface area contributed by atoms with Crippen molar-refractivity contribution in [1.29, 1.82) is 0 Å². The van der Waals surface area contributed by atoms with Crippen molar-refractivity contribution in [3.8, 4) is 0 Å². The number of hydrogen-bond acceptors (Lipinski definition) is 2. The largest absolute Gasteiger partial charge is 0.329 e. The van der Waals surface area contributed by atoms with E-state index in [0.29, 0.717) is 18.0 Å². The van der Waals surface area contributed by atoms with Gasteiger partial charge < -0.3 is 11.1 Å². The molecule has 0 saturated heterocycles. The molecule has 19 heavy (non-hydrogen) atoms. The van der Waals surface area contributed by atoms with Gasteiger partial charge in [-0.15, -0.1) is 0 Å². The van der Waals surface area contributed by atoms with Gasteiger partial charge in [0.15, 0.2) is 0 Å².